The van der Waals surface area contributed by atoms with Crippen LogP contribution >= 0.6 is 0 Å². The molecule has 1 heterocycles. The average molecular weight is 204 g/mol. The van der Waals surface area contributed by atoms with Gasteiger partial charge in [-0.05, 0) is 31.4 Å². The Balaban J connectivity index is 2.96. The molecule has 0 fully saturated rings. The average Bonchev–Trinajstić information content (AvgIpc) is 2.18. The van der Waals surface area contributed by atoms with Gasteiger partial charge in [-0.2, -0.15) is 5.26 Å². The highest BCUT2D eigenvalue weighted by Crippen LogP contribution is 2.20. The number of nitriles is 1. The van der Waals surface area contributed by atoms with Crippen molar-refractivity contribution in [1.82, 2.24) is 4.98 Å². The predicted octanol–water partition coefficient (Wildman–Crippen LogP) is 2.69. The summed E-state index contributed by atoms with van der Waals surface area (Å²) in [6.45, 7) is 8.02. The van der Waals surface area contributed by atoms with Crippen LogP contribution in [-0.4, -0.2) is 11.1 Å². The molecule has 0 saturated carbocycles. The Morgan fingerprint density at radius 2 is 2.07 bits per heavy atom. The summed E-state index contributed by atoms with van der Waals surface area (Å²) >= 11 is 0. The van der Waals surface area contributed by atoms with E-state index in [9.17, 15) is 0 Å². The van der Waals surface area contributed by atoms with Gasteiger partial charge in [-0.25, -0.2) is 4.98 Å². The third-order valence-electron chi connectivity index (χ3n) is 2.47. The zero-order chi connectivity index (χ0) is 11.4. The van der Waals surface area contributed by atoms with Crippen molar-refractivity contribution in [2.45, 2.75) is 33.8 Å². The van der Waals surface area contributed by atoms with Crippen molar-refractivity contribution < 1.29 is 4.74 Å². The third kappa shape index (κ3) is 2.69. The number of nitrogens with zero attached hydrogens (tertiary/aromatic N) is 2. The Kier molecular flexibility index (Phi) is 3.68. The fraction of sp³-hybridized carbons (Fsp3) is 0.500. The number of aromatic nitrogens is 1. The molecule has 1 aromatic heterocycles. The van der Waals surface area contributed by atoms with Gasteiger partial charge < -0.3 is 4.74 Å². The first kappa shape index (κ1) is 11.5. The summed E-state index contributed by atoms with van der Waals surface area (Å²) in [6, 6.07) is 3.93. The van der Waals surface area contributed by atoms with Crippen molar-refractivity contribution in [3.8, 4) is 11.9 Å². The summed E-state index contributed by atoms with van der Waals surface area (Å²) in [6.07, 6.45) is 1.73. The molecule has 0 aliphatic carbocycles. The van der Waals surface area contributed by atoms with Crippen LogP contribution in [0.25, 0.3) is 0 Å². The molecule has 0 aliphatic heterocycles. The topological polar surface area (TPSA) is 45.9 Å². The number of pyridine rings is 1. The maximum absolute atomic E-state index is 8.98. The van der Waals surface area contributed by atoms with E-state index in [0.717, 1.165) is 5.56 Å². The number of rotatable bonds is 3. The minimum Gasteiger partial charge on any atom is -0.473 e. The normalized spacial score (nSPS) is 12.3. The fourth-order valence-corrected chi connectivity index (χ4v) is 1.07. The van der Waals surface area contributed by atoms with Crippen LogP contribution in [0.2, 0.25) is 0 Å². The summed E-state index contributed by atoms with van der Waals surface area (Å²) in [7, 11) is 0. The van der Waals surface area contributed by atoms with E-state index in [1.807, 2.05) is 19.9 Å². The van der Waals surface area contributed by atoms with Crippen LogP contribution in [0.4, 0.5) is 0 Å². The van der Waals surface area contributed by atoms with Gasteiger partial charge >= 0.3 is 0 Å². The quantitative estimate of drug-likeness (QED) is 0.760. The molecule has 0 aromatic carbocycles. The van der Waals surface area contributed by atoms with Gasteiger partial charge in [0.15, 0.2) is 0 Å². The van der Waals surface area contributed by atoms with E-state index in [4.69, 9.17) is 10.00 Å². The second-order valence-electron chi connectivity index (χ2n) is 3.99. The van der Waals surface area contributed by atoms with Crippen LogP contribution in [0, 0.1) is 24.2 Å². The van der Waals surface area contributed by atoms with Crippen LogP contribution in [0.5, 0.6) is 5.88 Å². The van der Waals surface area contributed by atoms with Crippen molar-refractivity contribution in [2.75, 3.05) is 0 Å². The largest absolute Gasteiger partial charge is 0.473 e. The zero-order valence-electron chi connectivity index (χ0n) is 9.61. The maximum Gasteiger partial charge on any atom is 0.232 e. The van der Waals surface area contributed by atoms with Crippen LogP contribution in [0.15, 0.2) is 12.3 Å². The first-order valence-corrected chi connectivity index (χ1v) is 5.08. The van der Waals surface area contributed by atoms with Crippen molar-refractivity contribution in [2.24, 2.45) is 5.92 Å². The lowest BCUT2D eigenvalue weighted by molar-refractivity contribution is 0.163. The molecule has 1 aromatic rings. The number of hydrogen-bond donors (Lipinski definition) is 0. The molecule has 1 atom stereocenters. The van der Waals surface area contributed by atoms with E-state index in [0.29, 0.717) is 17.4 Å². The third-order valence-corrected chi connectivity index (χ3v) is 2.47. The Hall–Kier alpha value is -1.56. The van der Waals surface area contributed by atoms with Gasteiger partial charge in [-0.15, -0.1) is 0 Å². The summed E-state index contributed by atoms with van der Waals surface area (Å²) in [5.74, 6) is 0.845. The standard InChI is InChI=1S/C12H16N2O/c1-8(2)10(4)15-12-11(7-13)9(3)5-6-14-12/h5-6,8,10H,1-4H3. The maximum atomic E-state index is 8.98. The van der Waals surface area contributed by atoms with Crippen LogP contribution < -0.4 is 4.74 Å². The molecule has 0 N–H and O–H groups in total. The van der Waals surface area contributed by atoms with Gasteiger partial charge in [0.05, 0.1) is 6.10 Å². The molecule has 0 amide bonds. The monoisotopic (exact) mass is 204 g/mol. The first-order chi connectivity index (χ1) is 7.06. The molecule has 0 bridgehead atoms. The highest BCUT2D eigenvalue weighted by atomic mass is 16.5. The van der Waals surface area contributed by atoms with Crippen molar-refractivity contribution in [1.29, 1.82) is 5.26 Å². The van der Waals surface area contributed by atoms with E-state index in [2.05, 4.69) is 24.9 Å². The summed E-state index contributed by atoms with van der Waals surface area (Å²) in [4.78, 5) is 4.09. The lowest BCUT2D eigenvalue weighted by Gasteiger charge is -2.18. The molecular weight excluding hydrogens is 188 g/mol. The first-order valence-electron chi connectivity index (χ1n) is 5.08. The molecule has 0 aliphatic rings. The van der Waals surface area contributed by atoms with Crippen molar-refractivity contribution >= 4 is 0 Å². The van der Waals surface area contributed by atoms with Gasteiger partial charge in [0.1, 0.15) is 11.6 Å². The van der Waals surface area contributed by atoms with Crippen LogP contribution in [-0.2, 0) is 0 Å². The van der Waals surface area contributed by atoms with E-state index in [-0.39, 0.29) is 6.10 Å². The van der Waals surface area contributed by atoms with Crippen LogP contribution in [0.3, 0.4) is 0 Å². The minimum absolute atomic E-state index is 0.0615. The molecular formula is C12H16N2O. The lowest BCUT2D eigenvalue weighted by atomic mass is 10.1. The number of aryl methyl sites for hydroxylation is 1. The number of ether oxygens (including phenoxy) is 1. The Morgan fingerprint density at radius 1 is 1.40 bits per heavy atom. The highest BCUT2D eigenvalue weighted by molar-refractivity contribution is 5.43. The Bertz CT molecular complexity index is 380. The molecule has 15 heavy (non-hydrogen) atoms. The van der Waals surface area contributed by atoms with E-state index in [1.54, 1.807) is 6.20 Å². The SMILES string of the molecule is Cc1ccnc(OC(C)C(C)C)c1C#N. The predicted molar refractivity (Wildman–Crippen MR) is 58.6 cm³/mol. The second-order valence-corrected chi connectivity index (χ2v) is 3.99. The Morgan fingerprint density at radius 3 is 2.60 bits per heavy atom. The summed E-state index contributed by atoms with van der Waals surface area (Å²) < 4.78 is 5.64. The molecule has 0 radical (unpaired) electrons. The van der Waals surface area contributed by atoms with Crippen molar-refractivity contribution in [3.05, 3.63) is 23.4 Å². The van der Waals surface area contributed by atoms with Gasteiger partial charge in [0.25, 0.3) is 0 Å². The molecule has 0 saturated heterocycles. The van der Waals surface area contributed by atoms with E-state index < -0.39 is 0 Å². The zero-order valence-corrected chi connectivity index (χ0v) is 9.61. The molecule has 0 spiro atoms. The van der Waals surface area contributed by atoms with Gasteiger partial charge in [0.2, 0.25) is 5.88 Å². The minimum atomic E-state index is 0.0615. The summed E-state index contributed by atoms with van der Waals surface area (Å²) in [5.41, 5.74) is 1.43. The van der Waals surface area contributed by atoms with Gasteiger partial charge in [0, 0.05) is 6.20 Å². The number of hydrogen-bond acceptors (Lipinski definition) is 3. The highest BCUT2D eigenvalue weighted by Gasteiger charge is 2.13. The molecule has 80 valence electrons. The van der Waals surface area contributed by atoms with Gasteiger partial charge in [-0.3, -0.25) is 0 Å². The summed E-state index contributed by atoms with van der Waals surface area (Å²) in [5, 5.41) is 8.98. The van der Waals surface area contributed by atoms with E-state index in [1.165, 1.54) is 0 Å². The van der Waals surface area contributed by atoms with Crippen LogP contribution in [0.1, 0.15) is 31.9 Å². The fourth-order valence-electron chi connectivity index (χ4n) is 1.07. The lowest BCUT2D eigenvalue weighted by Crippen LogP contribution is -2.20. The molecule has 1 unspecified atom stereocenters. The van der Waals surface area contributed by atoms with Crippen molar-refractivity contribution in [3.63, 3.8) is 0 Å². The smallest absolute Gasteiger partial charge is 0.232 e. The molecule has 3 nitrogen and oxygen atoms in total. The van der Waals surface area contributed by atoms with Gasteiger partial charge in [-0.1, -0.05) is 13.8 Å². The Labute approximate surface area is 90.7 Å². The molecule has 3 heteroatoms. The van der Waals surface area contributed by atoms with E-state index >= 15 is 0 Å². The molecule has 1 rings (SSSR count). The second kappa shape index (κ2) is 4.79.